The summed E-state index contributed by atoms with van der Waals surface area (Å²) >= 11 is 0. The van der Waals surface area contributed by atoms with Gasteiger partial charge in [0.2, 0.25) is 0 Å². The van der Waals surface area contributed by atoms with E-state index >= 15 is 0 Å². The molecule has 0 aliphatic heterocycles. The summed E-state index contributed by atoms with van der Waals surface area (Å²) in [6.07, 6.45) is 1.54. The molecule has 8 nitrogen and oxygen atoms in total. The highest BCUT2D eigenvalue weighted by atomic mass is 15.3. The number of nitrogens with one attached hydrogen (secondary N) is 2. The lowest BCUT2D eigenvalue weighted by Crippen LogP contribution is -2.39. The number of guanidine groups is 1. The van der Waals surface area contributed by atoms with Crippen LogP contribution in [0.4, 0.5) is 0 Å². The maximum atomic E-state index is 4.58. The Morgan fingerprint density at radius 1 is 1.25 bits per heavy atom. The van der Waals surface area contributed by atoms with Gasteiger partial charge in [-0.2, -0.15) is 5.10 Å². The maximum absolute atomic E-state index is 4.58. The van der Waals surface area contributed by atoms with Crippen molar-refractivity contribution < 1.29 is 0 Å². The van der Waals surface area contributed by atoms with Gasteiger partial charge in [0.15, 0.2) is 5.96 Å². The molecule has 0 unspecified atom stereocenters. The quantitative estimate of drug-likeness (QED) is 0.536. The molecule has 8 heteroatoms. The standard InChI is InChI=1S/C16H22N8/c1-12-22-13-6-4-5-7-14(13)24(12)9-8-18-16(17-2)19-10-15-20-11-21-23(15)3/h4-7,11H,8-10H2,1-3H3,(H2,17,18,19). The zero-order valence-electron chi connectivity index (χ0n) is 14.2. The normalized spacial score (nSPS) is 11.9. The molecule has 1 aromatic carbocycles. The van der Waals surface area contributed by atoms with Crippen molar-refractivity contribution in [3.05, 3.63) is 42.2 Å². The molecule has 2 heterocycles. The average molecular weight is 326 g/mol. The smallest absolute Gasteiger partial charge is 0.191 e. The van der Waals surface area contributed by atoms with Crippen molar-refractivity contribution in [1.29, 1.82) is 0 Å². The van der Waals surface area contributed by atoms with Gasteiger partial charge in [-0.1, -0.05) is 12.1 Å². The first-order chi connectivity index (χ1) is 11.7. The van der Waals surface area contributed by atoms with E-state index in [9.17, 15) is 0 Å². The van der Waals surface area contributed by atoms with Crippen LogP contribution < -0.4 is 10.6 Å². The fourth-order valence-corrected chi connectivity index (χ4v) is 2.63. The number of hydrogen-bond acceptors (Lipinski definition) is 4. The molecule has 0 amide bonds. The molecule has 0 radical (unpaired) electrons. The van der Waals surface area contributed by atoms with Crippen LogP contribution in [0, 0.1) is 6.92 Å². The van der Waals surface area contributed by atoms with Gasteiger partial charge in [-0.3, -0.25) is 9.67 Å². The summed E-state index contributed by atoms with van der Waals surface area (Å²) < 4.78 is 3.94. The van der Waals surface area contributed by atoms with Crippen molar-refractivity contribution in [2.24, 2.45) is 12.0 Å². The Kier molecular flexibility index (Phi) is 4.74. The molecule has 0 fully saturated rings. The van der Waals surface area contributed by atoms with Crippen LogP contribution in [-0.2, 0) is 20.1 Å². The number of para-hydroxylation sites is 2. The second-order valence-corrected chi connectivity index (χ2v) is 5.45. The Bertz CT molecular complexity index is 845. The van der Waals surface area contributed by atoms with Crippen LogP contribution in [0.2, 0.25) is 0 Å². The molecule has 0 saturated carbocycles. The summed E-state index contributed by atoms with van der Waals surface area (Å²) in [5, 5.41) is 10.6. The Balaban J connectivity index is 1.56. The number of hydrogen-bond donors (Lipinski definition) is 2. The molecule has 2 N–H and O–H groups in total. The number of imidazole rings is 1. The Labute approximate surface area is 140 Å². The fourth-order valence-electron chi connectivity index (χ4n) is 2.63. The van der Waals surface area contributed by atoms with E-state index in [1.54, 1.807) is 18.1 Å². The van der Waals surface area contributed by atoms with Crippen LogP contribution in [0.25, 0.3) is 11.0 Å². The van der Waals surface area contributed by atoms with Crippen molar-refractivity contribution in [1.82, 2.24) is 34.9 Å². The van der Waals surface area contributed by atoms with Crippen molar-refractivity contribution in [2.45, 2.75) is 20.0 Å². The lowest BCUT2D eigenvalue weighted by molar-refractivity contribution is 0.646. The second-order valence-electron chi connectivity index (χ2n) is 5.45. The summed E-state index contributed by atoms with van der Waals surface area (Å²) in [6, 6.07) is 8.18. The predicted molar refractivity (Wildman–Crippen MR) is 93.7 cm³/mol. The Morgan fingerprint density at radius 2 is 2.08 bits per heavy atom. The largest absolute Gasteiger partial charge is 0.355 e. The van der Waals surface area contributed by atoms with E-state index in [2.05, 4.69) is 41.3 Å². The highest BCUT2D eigenvalue weighted by Gasteiger charge is 2.07. The number of fused-ring (bicyclic) bond motifs is 1. The lowest BCUT2D eigenvalue weighted by atomic mass is 10.3. The average Bonchev–Trinajstić information content (AvgIpc) is 3.13. The molecule has 0 saturated heterocycles. The van der Waals surface area contributed by atoms with Crippen LogP contribution in [-0.4, -0.2) is 43.9 Å². The lowest BCUT2D eigenvalue weighted by Gasteiger charge is -2.13. The fraction of sp³-hybridized carbons (Fsp3) is 0.375. The highest BCUT2D eigenvalue weighted by molar-refractivity contribution is 5.79. The zero-order valence-corrected chi connectivity index (χ0v) is 14.2. The number of aliphatic imine (C=N–C) groups is 1. The van der Waals surface area contributed by atoms with Gasteiger partial charge < -0.3 is 15.2 Å². The van der Waals surface area contributed by atoms with E-state index < -0.39 is 0 Å². The van der Waals surface area contributed by atoms with Gasteiger partial charge >= 0.3 is 0 Å². The summed E-state index contributed by atoms with van der Waals surface area (Å²) in [6.45, 7) is 4.17. The monoisotopic (exact) mass is 326 g/mol. The minimum atomic E-state index is 0.573. The minimum absolute atomic E-state index is 0.573. The van der Waals surface area contributed by atoms with Crippen LogP contribution in [0.15, 0.2) is 35.6 Å². The van der Waals surface area contributed by atoms with Crippen LogP contribution >= 0.6 is 0 Å². The number of rotatable bonds is 5. The van der Waals surface area contributed by atoms with Gasteiger partial charge in [-0.15, -0.1) is 0 Å². The van der Waals surface area contributed by atoms with E-state index in [-0.39, 0.29) is 0 Å². The predicted octanol–water partition coefficient (Wildman–Crippen LogP) is 0.838. The second kappa shape index (κ2) is 7.12. The van der Waals surface area contributed by atoms with Crippen molar-refractivity contribution in [2.75, 3.05) is 13.6 Å². The number of aryl methyl sites for hydroxylation is 2. The van der Waals surface area contributed by atoms with Gasteiger partial charge in [0.1, 0.15) is 18.0 Å². The maximum Gasteiger partial charge on any atom is 0.191 e. The van der Waals surface area contributed by atoms with Crippen LogP contribution in [0.3, 0.4) is 0 Å². The number of benzene rings is 1. The summed E-state index contributed by atoms with van der Waals surface area (Å²) in [5.74, 6) is 2.61. The number of aromatic nitrogens is 5. The molecule has 0 aliphatic rings. The molecule has 126 valence electrons. The van der Waals surface area contributed by atoms with E-state index in [1.807, 2.05) is 32.2 Å². The first-order valence-corrected chi connectivity index (χ1v) is 7.88. The van der Waals surface area contributed by atoms with Gasteiger partial charge in [-0.25, -0.2) is 9.97 Å². The van der Waals surface area contributed by atoms with Crippen molar-refractivity contribution in [3.8, 4) is 0 Å². The Hall–Kier alpha value is -2.90. The minimum Gasteiger partial charge on any atom is -0.355 e. The third-order valence-electron chi connectivity index (χ3n) is 3.92. The third-order valence-corrected chi connectivity index (χ3v) is 3.92. The zero-order chi connectivity index (χ0) is 16.9. The SMILES string of the molecule is CN=C(NCCn1c(C)nc2ccccc21)NCc1ncnn1C. The van der Waals surface area contributed by atoms with Gasteiger partial charge in [0.25, 0.3) is 0 Å². The van der Waals surface area contributed by atoms with Crippen LogP contribution in [0.1, 0.15) is 11.6 Å². The molecular weight excluding hydrogens is 304 g/mol. The molecule has 0 aliphatic carbocycles. The molecule has 0 spiro atoms. The van der Waals surface area contributed by atoms with Crippen molar-refractivity contribution in [3.63, 3.8) is 0 Å². The number of nitrogens with zero attached hydrogens (tertiary/aromatic N) is 6. The van der Waals surface area contributed by atoms with Gasteiger partial charge in [0.05, 0.1) is 17.6 Å². The van der Waals surface area contributed by atoms with Gasteiger partial charge in [-0.05, 0) is 19.1 Å². The van der Waals surface area contributed by atoms with E-state index in [4.69, 9.17) is 0 Å². The van der Waals surface area contributed by atoms with E-state index in [0.717, 1.165) is 41.7 Å². The molecule has 0 atom stereocenters. The van der Waals surface area contributed by atoms with Crippen molar-refractivity contribution >= 4 is 17.0 Å². The molecule has 3 aromatic rings. The molecule has 3 rings (SSSR count). The van der Waals surface area contributed by atoms with E-state index in [0.29, 0.717) is 6.54 Å². The molecule has 0 bridgehead atoms. The molecule has 24 heavy (non-hydrogen) atoms. The summed E-state index contributed by atoms with van der Waals surface area (Å²) in [5.41, 5.74) is 2.18. The first-order valence-electron chi connectivity index (χ1n) is 7.88. The van der Waals surface area contributed by atoms with Gasteiger partial charge in [0, 0.05) is 27.2 Å². The highest BCUT2D eigenvalue weighted by Crippen LogP contribution is 2.14. The van der Waals surface area contributed by atoms with Crippen LogP contribution in [0.5, 0.6) is 0 Å². The summed E-state index contributed by atoms with van der Waals surface area (Å²) in [4.78, 5) is 13.0. The first kappa shape index (κ1) is 16.0. The van der Waals surface area contributed by atoms with E-state index in [1.165, 1.54) is 0 Å². The topological polar surface area (TPSA) is 84.9 Å². The Morgan fingerprint density at radius 3 is 2.83 bits per heavy atom. The molecular formula is C16H22N8. The molecule has 2 aromatic heterocycles. The summed E-state index contributed by atoms with van der Waals surface area (Å²) in [7, 11) is 3.62. The third kappa shape index (κ3) is 3.37.